The molecule has 1 heterocycles. The number of carbonyl (C=O) groups is 1. The highest BCUT2D eigenvalue weighted by molar-refractivity contribution is 5.68. The summed E-state index contributed by atoms with van der Waals surface area (Å²) in [4.78, 5) is 11.2. The van der Waals surface area contributed by atoms with Crippen molar-refractivity contribution in [2.45, 2.75) is 46.0 Å². The Hall–Kier alpha value is -1.71. The van der Waals surface area contributed by atoms with Crippen LogP contribution in [0.5, 0.6) is 11.5 Å². The maximum atomic E-state index is 11.2. The summed E-state index contributed by atoms with van der Waals surface area (Å²) in [5.74, 6) is 1.38. The molecule has 0 bridgehead atoms. The zero-order valence-electron chi connectivity index (χ0n) is 13.5. The molecule has 22 heavy (non-hydrogen) atoms. The van der Waals surface area contributed by atoms with Gasteiger partial charge in [-0.2, -0.15) is 0 Å². The monoisotopic (exact) mass is 304 g/mol. The molecule has 1 atom stereocenters. The molecule has 4 nitrogen and oxygen atoms in total. The smallest absolute Gasteiger partial charge is 0.303 e. The van der Waals surface area contributed by atoms with Crippen molar-refractivity contribution in [2.75, 3.05) is 13.2 Å². The van der Waals surface area contributed by atoms with Crippen LogP contribution in [0, 0.1) is 18.3 Å². The molecule has 0 saturated heterocycles. The third-order valence-corrected chi connectivity index (χ3v) is 4.55. The molecule has 2 aliphatic rings. The number of ether oxygens (including phenoxy) is 2. The fourth-order valence-corrected chi connectivity index (χ4v) is 3.11. The highest BCUT2D eigenvalue weighted by Crippen LogP contribution is 2.47. The molecule has 1 N–H and O–H groups in total. The SMILES string of the molecule is Cc1cc2c(cc1C(CC(=O)O)C1CC1)OCC(C)(C)CO2. The van der Waals surface area contributed by atoms with E-state index in [1.807, 2.05) is 19.1 Å². The van der Waals surface area contributed by atoms with Gasteiger partial charge in [0.05, 0.1) is 19.6 Å². The number of aliphatic carboxylic acids is 1. The second-order valence-electron chi connectivity index (χ2n) is 7.44. The molecule has 1 fully saturated rings. The summed E-state index contributed by atoms with van der Waals surface area (Å²) in [6.45, 7) is 7.50. The van der Waals surface area contributed by atoms with Crippen molar-refractivity contribution in [3.63, 3.8) is 0 Å². The fraction of sp³-hybridized carbons (Fsp3) is 0.611. The van der Waals surface area contributed by atoms with Gasteiger partial charge in [-0.1, -0.05) is 13.8 Å². The molecule has 1 aliphatic heterocycles. The van der Waals surface area contributed by atoms with Crippen molar-refractivity contribution < 1.29 is 19.4 Å². The van der Waals surface area contributed by atoms with Crippen LogP contribution in [-0.2, 0) is 4.79 Å². The number of carboxylic acids is 1. The number of hydrogen-bond acceptors (Lipinski definition) is 3. The van der Waals surface area contributed by atoms with E-state index in [1.165, 1.54) is 0 Å². The highest BCUT2D eigenvalue weighted by atomic mass is 16.5. The van der Waals surface area contributed by atoms with Crippen molar-refractivity contribution in [1.82, 2.24) is 0 Å². The zero-order chi connectivity index (χ0) is 15.9. The van der Waals surface area contributed by atoms with Crippen LogP contribution in [0.25, 0.3) is 0 Å². The van der Waals surface area contributed by atoms with E-state index in [0.29, 0.717) is 19.1 Å². The molecule has 0 amide bonds. The van der Waals surface area contributed by atoms with Gasteiger partial charge in [0.1, 0.15) is 0 Å². The summed E-state index contributed by atoms with van der Waals surface area (Å²) >= 11 is 0. The molecule has 0 aromatic heterocycles. The van der Waals surface area contributed by atoms with Crippen LogP contribution in [0.4, 0.5) is 0 Å². The summed E-state index contributed by atoms with van der Waals surface area (Å²) in [7, 11) is 0. The van der Waals surface area contributed by atoms with Crippen molar-refractivity contribution in [3.8, 4) is 11.5 Å². The summed E-state index contributed by atoms with van der Waals surface area (Å²) < 4.78 is 11.8. The largest absolute Gasteiger partial charge is 0.489 e. The van der Waals surface area contributed by atoms with E-state index in [9.17, 15) is 9.90 Å². The first kappa shape index (κ1) is 15.2. The zero-order valence-corrected chi connectivity index (χ0v) is 13.5. The third-order valence-electron chi connectivity index (χ3n) is 4.55. The van der Waals surface area contributed by atoms with E-state index < -0.39 is 5.97 Å². The minimum atomic E-state index is -0.732. The van der Waals surface area contributed by atoms with Crippen LogP contribution in [-0.4, -0.2) is 24.3 Å². The van der Waals surface area contributed by atoms with E-state index in [4.69, 9.17) is 9.47 Å². The lowest BCUT2D eigenvalue weighted by molar-refractivity contribution is -0.137. The average Bonchev–Trinajstić information content (AvgIpc) is 3.25. The molecule has 1 unspecified atom stereocenters. The van der Waals surface area contributed by atoms with Gasteiger partial charge in [-0.25, -0.2) is 0 Å². The van der Waals surface area contributed by atoms with Crippen LogP contribution >= 0.6 is 0 Å². The maximum Gasteiger partial charge on any atom is 0.303 e. The maximum absolute atomic E-state index is 11.2. The summed E-state index contributed by atoms with van der Waals surface area (Å²) in [6, 6.07) is 4.02. The first-order valence-corrected chi connectivity index (χ1v) is 7.98. The van der Waals surface area contributed by atoms with Crippen LogP contribution < -0.4 is 9.47 Å². The minimum Gasteiger partial charge on any atom is -0.489 e. The Morgan fingerprint density at radius 1 is 1.27 bits per heavy atom. The van der Waals surface area contributed by atoms with E-state index in [2.05, 4.69) is 13.8 Å². The van der Waals surface area contributed by atoms with Gasteiger partial charge in [-0.3, -0.25) is 4.79 Å². The minimum absolute atomic E-state index is 0.0238. The summed E-state index contributed by atoms with van der Waals surface area (Å²) in [5.41, 5.74) is 2.18. The molecule has 0 spiro atoms. The topological polar surface area (TPSA) is 55.8 Å². The van der Waals surface area contributed by atoms with E-state index >= 15 is 0 Å². The van der Waals surface area contributed by atoms with Crippen molar-refractivity contribution in [1.29, 1.82) is 0 Å². The fourth-order valence-electron chi connectivity index (χ4n) is 3.11. The van der Waals surface area contributed by atoms with E-state index in [-0.39, 0.29) is 17.8 Å². The van der Waals surface area contributed by atoms with Gasteiger partial charge in [-0.05, 0) is 54.9 Å². The standard InChI is InChI=1S/C18H24O4/c1-11-6-15-16(22-10-18(2,3)9-21-15)7-13(11)14(8-17(19)20)12-4-5-12/h6-7,12,14H,4-5,8-10H2,1-3H3,(H,19,20). The van der Waals surface area contributed by atoms with Crippen molar-refractivity contribution in [3.05, 3.63) is 23.3 Å². The van der Waals surface area contributed by atoms with Gasteiger partial charge < -0.3 is 14.6 Å². The molecule has 0 radical (unpaired) electrons. The first-order chi connectivity index (χ1) is 10.4. The van der Waals surface area contributed by atoms with Gasteiger partial charge in [0, 0.05) is 5.41 Å². The number of fused-ring (bicyclic) bond motifs is 1. The summed E-state index contributed by atoms with van der Waals surface area (Å²) in [6.07, 6.45) is 2.44. The lowest BCUT2D eigenvalue weighted by Gasteiger charge is -2.20. The predicted molar refractivity (Wildman–Crippen MR) is 83.7 cm³/mol. The quantitative estimate of drug-likeness (QED) is 0.920. The van der Waals surface area contributed by atoms with Crippen LogP contribution in [0.2, 0.25) is 0 Å². The highest BCUT2D eigenvalue weighted by Gasteiger charge is 2.35. The molecule has 3 rings (SSSR count). The molecule has 1 aromatic rings. The molecule has 1 saturated carbocycles. The molecule has 120 valence electrons. The lowest BCUT2D eigenvalue weighted by atomic mass is 9.87. The Morgan fingerprint density at radius 2 is 1.86 bits per heavy atom. The number of aryl methyl sites for hydroxylation is 1. The van der Waals surface area contributed by atoms with Crippen LogP contribution in [0.3, 0.4) is 0 Å². The second kappa shape index (κ2) is 5.49. The second-order valence-corrected chi connectivity index (χ2v) is 7.44. The number of benzene rings is 1. The summed E-state index contributed by atoms with van der Waals surface area (Å²) in [5, 5.41) is 9.21. The molecule has 4 heteroatoms. The number of hydrogen-bond donors (Lipinski definition) is 1. The van der Waals surface area contributed by atoms with Gasteiger partial charge >= 0.3 is 5.97 Å². The molecule has 1 aliphatic carbocycles. The Kier molecular flexibility index (Phi) is 3.79. The predicted octanol–water partition coefficient (Wildman–Crippen LogP) is 3.76. The average molecular weight is 304 g/mol. The van der Waals surface area contributed by atoms with Crippen molar-refractivity contribution in [2.24, 2.45) is 11.3 Å². The van der Waals surface area contributed by atoms with E-state index in [1.54, 1.807) is 0 Å². The Morgan fingerprint density at radius 3 is 2.41 bits per heavy atom. The number of carboxylic acid groups (broad SMARTS) is 1. The Bertz CT molecular complexity index is 587. The lowest BCUT2D eigenvalue weighted by Crippen LogP contribution is -2.26. The Labute approximate surface area is 131 Å². The van der Waals surface area contributed by atoms with Crippen LogP contribution in [0.1, 0.15) is 50.2 Å². The normalized spacial score (nSPS) is 21.0. The number of rotatable bonds is 4. The first-order valence-electron chi connectivity index (χ1n) is 7.98. The third kappa shape index (κ3) is 3.21. The van der Waals surface area contributed by atoms with Crippen LogP contribution in [0.15, 0.2) is 12.1 Å². The molecular weight excluding hydrogens is 280 g/mol. The van der Waals surface area contributed by atoms with Crippen molar-refractivity contribution >= 4 is 5.97 Å². The Balaban J connectivity index is 1.93. The van der Waals surface area contributed by atoms with Gasteiger partial charge in [0.15, 0.2) is 11.5 Å². The van der Waals surface area contributed by atoms with Gasteiger partial charge in [0.25, 0.3) is 0 Å². The van der Waals surface area contributed by atoms with Gasteiger partial charge in [0.2, 0.25) is 0 Å². The van der Waals surface area contributed by atoms with Gasteiger partial charge in [-0.15, -0.1) is 0 Å². The van der Waals surface area contributed by atoms with E-state index in [0.717, 1.165) is 35.5 Å². The molecule has 1 aromatic carbocycles. The molecular formula is C18H24O4.